The van der Waals surface area contributed by atoms with Crippen LogP contribution in [0.15, 0.2) is 21.5 Å². The number of methoxy groups -OCH3 is 1. The van der Waals surface area contributed by atoms with Gasteiger partial charge in [-0.1, -0.05) is 13.3 Å². The van der Waals surface area contributed by atoms with Crippen LogP contribution in [-0.2, 0) is 10.0 Å². The van der Waals surface area contributed by atoms with Gasteiger partial charge in [-0.3, -0.25) is 0 Å². The van der Waals surface area contributed by atoms with Gasteiger partial charge in [0.2, 0.25) is 10.0 Å². The molecule has 1 saturated carbocycles. The molecule has 0 spiro atoms. The lowest BCUT2D eigenvalue weighted by Gasteiger charge is -2.41. The van der Waals surface area contributed by atoms with Crippen molar-refractivity contribution in [1.29, 1.82) is 0 Å². The molecule has 0 unspecified atom stereocenters. The second-order valence-electron chi connectivity index (χ2n) is 5.56. The molecule has 1 fully saturated rings. The summed E-state index contributed by atoms with van der Waals surface area (Å²) in [6, 6.07) is 2.99. The number of anilines is 1. The summed E-state index contributed by atoms with van der Waals surface area (Å²) in [6.45, 7) is 2.57. The molecule has 0 aliphatic heterocycles. The molecule has 7 heteroatoms. The van der Waals surface area contributed by atoms with Crippen molar-refractivity contribution in [2.75, 3.05) is 19.4 Å². The fraction of sp³-hybridized carbons (Fsp3) is 0.571. The van der Waals surface area contributed by atoms with E-state index in [0.717, 1.165) is 19.3 Å². The Bertz CT molecular complexity index is 622. The van der Waals surface area contributed by atoms with Crippen molar-refractivity contribution in [2.45, 2.75) is 37.5 Å². The number of hydrogen-bond acceptors (Lipinski definition) is 4. The quantitative estimate of drug-likeness (QED) is 0.747. The summed E-state index contributed by atoms with van der Waals surface area (Å²) in [7, 11) is -2.20. The van der Waals surface area contributed by atoms with Crippen molar-refractivity contribution >= 4 is 31.6 Å². The standard InChI is InChI=1S/C14H21BrN2O3S/c1-3-14(5-4-6-14)9-17-21(18,19)13-8-11(16)10(15)7-12(13)20-2/h7-8,17H,3-6,9,16H2,1-2H3. The largest absolute Gasteiger partial charge is 0.495 e. The monoisotopic (exact) mass is 376 g/mol. The zero-order chi connectivity index (χ0) is 15.7. The fourth-order valence-electron chi connectivity index (χ4n) is 2.58. The Morgan fingerprint density at radius 3 is 2.57 bits per heavy atom. The van der Waals surface area contributed by atoms with Crippen molar-refractivity contribution in [2.24, 2.45) is 5.41 Å². The molecule has 0 atom stereocenters. The first-order valence-electron chi connectivity index (χ1n) is 6.96. The molecule has 0 amide bonds. The number of nitrogens with two attached hydrogens (primary N) is 1. The zero-order valence-corrected chi connectivity index (χ0v) is 14.7. The van der Waals surface area contributed by atoms with Gasteiger partial charge < -0.3 is 10.5 Å². The van der Waals surface area contributed by atoms with Crippen LogP contribution in [0, 0.1) is 5.41 Å². The van der Waals surface area contributed by atoms with Gasteiger partial charge in [-0.05, 0) is 52.7 Å². The molecule has 5 nitrogen and oxygen atoms in total. The predicted octanol–water partition coefficient (Wildman–Crippen LogP) is 2.90. The van der Waals surface area contributed by atoms with Crippen molar-refractivity contribution in [3.8, 4) is 5.75 Å². The van der Waals surface area contributed by atoms with Crippen molar-refractivity contribution < 1.29 is 13.2 Å². The average molecular weight is 377 g/mol. The number of halogens is 1. The van der Waals surface area contributed by atoms with E-state index in [4.69, 9.17) is 10.5 Å². The van der Waals surface area contributed by atoms with E-state index in [9.17, 15) is 8.42 Å². The summed E-state index contributed by atoms with van der Waals surface area (Å²) in [4.78, 5) is 0.0799. The highest BCUT2D eigenvalue weighted by molar-refractivity contribution is 9.10. The van der Waals surface area contributed by atoms with Gasteiger partial charge in [0.1, 0.15) is 10.6 Å². The summed E-state index contributed by atoms with van der Waals surface area (Å²) >= 11 is 3.27. The van der Waals surface area contributed by atoms with Gasteiger partial charge in [-0.15, -0.1) is 0 Å². The Morgan fingerprint density at radius 2 is 2.10 bits per heavy atom. The maximum atomic E-state index is 12.5. The van der Waals surface area contributed by atoms with Gasteiger partial charge in [0.15, 0.2) is 0 Å². The molecule has 118 valence electrons. The zero-order valence-electron chi connectivity index (χ0n) is 12.3. The van der Waals surface area contributed by atoms with Crippen LogP contribution >= 0.6 is 15.9 Å². The molecule has 0 radical (unpaired) electrons. The lowest BCUT2D eigenvalue weighted by atomic mass is 9.67. The minimum absolute atomic E-state index is 0.0799. The Balaban J connectivity index is 2.25. The number of sulfonamides is 1. The first-order valence-corrected chi connectivity index (χ1v) is 9.24. The van der Waals surface area contributed by atoms with Crippen molar-refractivity contribution in [1.82, 2.24) is 4.72 Å². The summed E-state index contributed by atoms with van der Waals surface area (Å²) in [5.41, 5.74) is 6.27. The molecule has 1 aliphatic rings. The van der Waals surface area contributed by atoms with Crippen molar-refractivity contribution in [3.05, 3.63) is 16.6 Å². The Labute approximate surface area is 134 Å². The van der Waals surface area contributed by atoms with Crippen LogP contribution in [0.25, 0.3) is 0 Å². The molecule has 0 heterocycles. The highest BCUT2D eigenvalue weighted by Crippen LogP contribution is 2.43. The maximum absolute atomic E-state index is 12.5. The summed E-state index contributed by atoms with van der Waals surface area (Å²) in [5.74, 6) is 0.280. The van der Waals surface area contributed by atoms with Gasteiger partial charge in [-0.25, -0.2) is 13.1 Å². The smallest absolute Gasteiger partial charge is 0.244 e. The molecular weight excluding hydrogens is 356 g/mol. The van der Waals surface area contributed by atoms with Gasteiger partial charge in [0, 0.05) is 16.7 Å². The molecular formula is C14H21BrN2O3S. The Kier molecular flexibility index (Phi) is 4.85. The van der Waals surface area contributed by atoms with Gasteiger partial charge in [0.05, 0.1) is 7.11 Å². The van der Waals surface area contributed by atoms with Gasteiger partial charge in [0.25, 0.3) is 0 Å². The van der Waals surface area contributed by atoms with E-state index in [-0.39, 0.29) is 16.1 Å². The van der Waals surface area contributed by atoms with Crippen LogP contribution in [0.5, 0.6) is 5.75 Å². The third kappa shape index (κ3) is 3.35. The minimum atomic E-state index is -3.64. The molecule has 0 bridgehead atoms. The molecule has 0 saturated heterocycles. The van der Waals surface area contributed by atoms with E-state index < -0.39 is 10.0 Å². The normalized spacial score (nSPS) is 17.3. The van der Waals surface area contributed by atoms with E-state index >= 15 is 0 Å². The van der Waals surface area contributed by atoms with Crippen LogP contribution < -0.4 is 15.2 Å². The van der Waals surface area contributed by atoms with E-state index in [1.807, 2.05) is 0 Å². The molecule has 21 heavy (non-hydrogen) atoms. The molecule has 3 N–H and O–H groups in total. The average Bonchev–Trinajstić information content (AvgIpc) is 2.40. The third-order valence-electron chi connectivity index (χ3n) is 4.37. The lowest BCUT2D eigenvalue weighted by molar-refractivity contribution is 0.133. The Morgan fingerprint density at radius 1 is 1.43 bits per heavy atom. The highest BCUT2D eigenvalue weighted by atomic mass is 79.9. The first-order chi connectivity index (χ1) is 9.83. The van der Waals surface area contributed by atoms with Crippen molar-refractivity contribution in [3.63, 3.8) is 0 Å². The van der Waals surface area contributed by atoms with Crippen LogP contribution in [0.2, 0.25) is 0 Å². The maximum Gasteiger partial charge on any atom is 0.244 e. The van der Waals surface area contributed by atoms with E-state index in [2.05, 4.69) is 27.6 Å². The number of benzene rings is 1. The summed E-state index contributed by atoms with van der Waals surface area (Å²) < 4.78 is 33.5. The van der Waals surface area contributed by atoms with Gasteiger partial charge >= 0.3 is 0 Å². The topological polar surface area (TPSA) is 81.4 Å². The summed E-state index contributed by atoms with van der Waals surface area (Å²) in [6.07, 6.45) is 4.30. The van der Waals surface area contributed by atoms with Crippen LogP contribution in [0.4, 0.5) is 5.69 Å². The van der Waals surface area contributed by atoms with Crippen LogP contribution in [-0.4, -0.2) is 22.1 Å². The highest BCUT2D eigenvalue weighted by Gasteiger charge is 2.36. The number of nitrogens with one attached hydrogen (secondary N) is 1. The lowest BCUT2D eigenvalue weighted by Crippen LogP contribution is -2.41. The molecule has 0 aromatic heterocycles. The number of rotatable bonds is 6. The molecule has 1 aliphatic carbocycles. The summed E-state index contributed by atoms with van der Waals surface area (Å²) in [5, 5.41) is 0. The van der Waals surface area contributed by atoms with E-state index in [1.54, 1.807) is 6.07 Å². The van der Waals surface area contributed by atoms with Crippen LogP contribution in [0.3, 0.4) is 0 Å². The number of nitrogen functional groups attached to an aromatic ring is 1. The second-order valence-corrected chi connectivity index (χ2v) is 8.15. The minimum Gasteiger partial charge on any atom is -0.495 e. The molecule has 1 aromatic carbocycles. The Hall–Kier alpha value is -0.790. The fourth-order valence-corrected chi connectivity index (χ4v) is 4.24. The number of ether oxygens (including phenoxy) is 1. The predicted molar refractivity (Wildman–Crippen MR) is 86.9 cm³/mol. The SMILES string of the molecule is CCC1(CNS(=O)(=O)c2cc(N)c(Br)cc2OC)CCC1. The van der Waals surface area contributed by atoms with Gasteiger partial charge in [-0.2, -0.15) is 0 Å². The molecule has 2 rings (SSSR count). The van der Waals surface area contributed by atoms with Crippen LogP contribution in [0.1, 0.15) is 32.6 Å². The van der Waals surface area contributed by atoms with E-state index in [1.165, 1.54) is 19.6 Å². The first kappa shape index (κ1) is 16.6. The second kappa shape index (κ2) is 6.14. The number of hydrogen-bond donors (Lipinski definition) is 2. The van der Waals surface area contributed by atoms with E-state index in [0.29, 0.717) is 16.7 Å². The molecule has 1 aromatic rings. The third-order valence-corrected chi connectivity index (χ3v) is 6.48.